The maximum atomic E-state index is 14.0. The van der Waals surface area contributed by atoms with E-state index in [0.717, 1.165) is 48.8 Å². The molecule has 0 heterocycles. The van der Waals surface area contributed by atoms with Gasteiger partial charge in [0.1, 0.15) is 17.7 Å². The van der Waals surface area contributed by atoms with E-state index in [1.165, 1.54) is 0 Å². The van der Waals surface area contributed by atoms with E-state index < -0.39 is 35.6 Å². The number of benzene rings is 1. The lowest BCUT2D eigenvalue weighted by Gasteiger charge is -2.35. The quantitative estimate of drug-likeness (QED) is 0.343. The van der Waals surface area contributed by atoms with Crippen molar-refractivity contribution >= 4 is 23.8 Å². The summed E-state index contributed by atoms with van der Waals surface area (Å²) in [6, 6.07) is 3.79. The zero-order chi connectivity index (χ0) is 27.8. The molecular weight excluding hydrogens is 472 g/mol. The number of carbonyl (C=O) groups is 4. The molecule has 37 heavy (non-hydrogen) atoms. The van der Waals surface area contributed by atoms with Gasteiger partial charge in [0.05, 0.1) is 0 Å². The summed E-state index contributed by atoms with van der Waals surface area (Å²) < 4.78 is 5.36. The fourth-order valence-corrected chi connectivity index (χ4v) is 4.33. The smallest absolute Gasteiger partial charge is 0.408 e. The van der Waals surface area contributed by atoms with Crippen molar-refractivity contribution in [2.45, 2.75) is 110 Å². The molecule has 1 aliphatic carbocycles. The molecule has 4 amide bonds. The second-order valence-corrected chi connectivity index (χ2v) is 11.0. The molecule has 206 valence electrons. The van der Waals surface area contributed by atoms with E-state index in [1.807, 2.05) is 32.0 Å². The lowest BCUT2D eigenvalue weighted by molar-refractivity contribution is -0.143. The molecule has 0 bridgehead atoms. The summed E-state index contributed by atoms with van der Waals surface area (Å²) in [6.45, 7) is 11.7. The van der Waals surface area contributed by atoms with Crippen LogP contribution in [0.1, 0.15) is 95.4 Å². The Morgan fingerprint density at radius 1 is 1.08 bits per heavy atom. The molecule has 2 atom stereocenters. The predicted octanol–water partition coefficient (Wildman–Crippen LogP) is 3.80. The van der Waals surface area contributed by atoms with Crippen LogP contribution in [0.4, 0.5) is 4.79 Å². The van der Waals surface area contributed by atoms with Gasteiger partial charge in [-0.2, -0.15) is 0 Å². The summed E-state index contributed by atoms with van der Waals surface area (Å²) >= 11 is 0. The number of carbonyl (C=O) groups excluding carboxylic acids is 4. The van der Waals surface area contributed by atoms with Gasteiger partial charge in [-0.1, -0.05) is 49.1 Å². The topological polar surface area (TPSA) is 131 Å². The van der Waals surface area contributed by atoms with Crippen LogP contribution in [0.2, 0.25) is 0 Å². The highest BCUT2D eigenvalue weighted by Crippen LogP contribution is 2.36. The van der Waals surface area contributed by atoms with Gasteiger partial charge < -0.3 is 26.0 Å². The number of hydrogen-bond donors (Lipinski definition) is 3. The molecule has 0 radical (unpaired) electrons. The summed E-state index contributed by atoms with van der Waals surface area (Å²) in [7, 11) is 0. The third kappa shape index (κ3) is 10.1. The van der Waals surface area contributed by atoms with Crippen LogP contribution in [0.15, 0.2) is 18.2 Å². The van der Waals surface area contributed by atoms with Gasteiger partial charge in [-0.15, -0.1) is 0 Å². The van der Waals surface area contributed by atoms with Crippen molar-refractivity contribution < 1.29 is 23.9 Å². The summed E-state index contributed by atoms with van der Waals surface area (Å²) in [5, 5.41) is 5.64. The molecule has 2 unspecified atom stereocenters. The minimum atomic E-state index is -1.07. The highest BCUT2D eigenvalue weighted by molar-refractivity contribution is 5.93. The van der Waals surface area contributed by atoms with Crippen LogP contribution in [-0.4, -0.2) is 52.9 Å². The van der Waals surface area contributed by atoms with Gasteiger partial charge in [-0.25, -0.2) is 4.79 Å². The highest BCUT2D eigenvalue weighted by atomic mass is 16.6. The Morgan fingerprint density at radius 2 is 1.70 bits per heavy atom. The Balaban J connectivity index is 2.43. The van der Waals surface area contributed by atoms with Crippen LogP contribution in [-0.2, 0) is 19.1 Å². The van der Waals surface area contributed by atoms with E-state index >= 15 is 0 Å². The molecule has 1 aromatic carbocycles. The summed E-state index contributed by atoms with van der Waals surface area (Å²) in [5.41, 5.74) is 7.29. The lowest BCUT2D eigenvalue weighted by atomic mass is 9.97. The van der Waals surface area contributed by atoms with E-state index in [2.05, 4.69) is 17.6 Å². The molecule has 2 rings (SSSR count). The van der Waals surface area contributed by atoms with Crippen molar-refractivity contribution in [3.8, 4) is 0 Å². The number of ether oxygens (including phenoxy) is 1. The van der Waals surface area contributed by atoms with Crippen LogP contribution < -0.4 is 16.4 Å². The van der Waals surface area contributed by atoms with E-state index in [0.29, 0.717) is 6.54 Å². The van der Waals surface area contributed by atoms with Crippen molar-refractivity contribution in [2.24, 2.45) is 5.73 Å². The zero-order valence-electron chi connectivity index (χ0n) is 23.2. The van der Waals surface area contributed by atoms with Crippen molar-refractivity contribution in [3.63, 3.8) is 0 Å². The Bertz CT molecular complexity index is 948. The van der Waals surface area contributed by atoms with Crippen LogP contribution in [0.25, 0.3) is 0 Å². The first kappa shape index (κ1) is 30.1. The largest absolute Gasteiger partial charge is 0.444 e. The van der Waals surface area contributed by atoms with Gasteiger partial charge in [-0.05, 0) is 65.9 Å². The first-order valence-corrected chi connectivity index (χ1v) is 13.3. The van der Waals surface area contributed by atoms with E-state index in [-0.39, 0.29) is 24.8 Å². The second kappa shape index (κ2) is 13.4. The van der Waals surface area contributed by atoms with Crippen molar-refractivity contribution in [2.75, 3.05) is 6.54 Å². The van der Waals surface area contributed by atoms with E-state index in [1.54, 1.807) is 25.7 Å². The van der Waals surface area contributed by atoms with Gasteiger partial charge in [0.15, 0.2) is 0 Å². The van der Waals surface area contributed by atoms with Crippen LogP contribution >= 0.6 is 0 Å². The van der Waals surface area contributed by atoms with Gasteiger partial charge in [0.25, 0.3) is 0 Å². The van der Waals surface area contributed by atoms with Crippen molar-refractivity contribution in [1.29, 1.82) is 0 Å². The van der Waals surface area contributed by atoms with Crippen LogP contribution in [0.5, 0.6) is 0 Å². The number of alkyl carbamates (subject to hydrolysis) is 1. The third-order valence-electron chi connectivity index (χ3n) is 6.03. The van der Waals surface area contributed by atoms with Gasteiger partial charge in [0, 0.05) is 19.0 Å². The van der Waals surface area contributed by atoms with Crippen LogP contribution in [0, 0.1) is 13.8 Å². The molecule has 9 heteroatoms. The number of nitrogens with one attached hydrogen (secondary N) is 2. The fourth-order valence-electron chi connectivity index (χ4n) is 4.33. The molecule has 1 fully saturated rings. The molecular formula is C28H44N4O5. The Labute approximate surface area is 220 Å². The number of amides is 4. The number of primary amides is 1. The monoisotopic (exact) mass is 516 g/mol. The number of aryl methyl sites for hydroxylation is 2. The standard InChI is InChI=1S/C28H44N4O5/c1-7-8-9-14-30-25(34)24(20-16-18(2)15-19(3)17-20)32(21-10-11-21)26(35)22(12-13-23(29)33)31-27(36)37-28(4,5)6/h15-17,21-22,24H,7-14H2,1-6H3,(H2,29,33)(H,30,34)(H,31,36). The maximum Gasteiger partial charge on any atom is 0.408 e. The number of hydrogen-bond acceptors (Lipinski definition) is 5. The van der Waals surface area contributed by atoms with Gasteiger partial charge >= 0.3 is 6.09 Å². The zero-order valence-corrected chi connectivity index (χ0v) is 23.2. The molecule has 0 saturated heterocycles. The van der Waals surface area contributed by atoms with Crippen LogP contribution in [0.3, 0.4) is 0 Å². The second-order valence-electron chi connectivity index (χ2n) is 11.0. The van der Waals surface area contributed by atoms with E-state index in [9.17, 15) is 19.2 Å². The molecule has 0 spiro atoms. The average Bonchev–Trinajstić information content (AvgIpc) is 3.60. The molecule has 1 aromatic rings. The first-order valence-electron chi connectivity index (χ1n) is 13.3. The SMILES string of the molecule is CCCCCNC(=O)C(c1cc(C)cc(C)c1)N(C(=O)C(CCC(N)=O)NC(=O)OC(C)(C)C)C1CC1. The summed E-state index contributed by atoms with van der Waals surface area (Å²) in [6.07, 6.45) is 3.53. The highest BCUT2D eigenvalue weighted by Gasteiger charge is 2.44. The molecule has 1 aliphatic rings. The van der Waals surface area contributed by atoms with Crippen molar-refractivity contribution in [3.05, 3.63) is 34.9 Å². The average molecular weight is 517 g/mol. The first-order chi connectivity index (χ1) is 17.3. The molecule has 0 aliphatic heterocycles. The number of rotatable bonds is 13. The number of unbranched alkanes of at least 4 members (excludes halogenated alkanes) is 2. The molecule has 1 saturated carbocycles. The summed E-state index contributed by atoms with van der Waals surface area (Å²) in [4.78, 5) is 53.4. The normalized spacial score (nSPS) is 14.9. The minimum Gasteiger partial charge on any atom is -0.444 e. The van der Waals surface area contributed by atoms with E-state index in [4.69, 9.17) is 10.5 Å². The maximum absolute atomic E-state index is 14.0. The minimum absolute atomic E-state index is 0.00825. The third-order valence-corrected chi connectivity index (χ3v) is 6.03. The summed E-state index contributed by atoms with van der Waals surface area (Å²) in [5.74, 6) is -1.27. The Hall–Kier alpha value is -3.10. The lowest BCUT2D eigenvalue weighted by Crippen LogP contribution is -2.54. The van der Waals surface area contributed by atoms with Gasteiger partial charge in [-0.3, -0.25) is 14.4 Å². The fraction of sp³-hybridized carbons (Fsp3) is 0.643. The number of nitrogens with zero attached hydrogens (tertiary/aromatic N) is 1. The molecule has 9 nitrogen and oxygen atoms in total. The molecule has 4 N–H and O–H groups in total. The number of nitrogens with two attached hydrogens (primary N) is 1. The van der Waals surface area contributed by atoms with Gasteiger partial charge in [0.2, 0.25) is 17.7 Å². The Kier molecular flexibility index (Phi) is 10.9. The Morgan fingerprint density at radius 3 is 2.22 bits per heavy atom. The predicted molar refractivity (Wildman–Crippen MR) is 143 cm³/mol. The van der Waals surface area contributed by atoms with Crippen molar-refractivity contribution in [1.82, 2.24) is 15.5 Å². The molecule has 0 aromatic heterocycles.